The quantitative estimate of drug-likeness (QED) is 0.820. The number of hydrogen-bond donors (Lipinski definition) is 1. The molecule has 0 amide bonds. The van der Waals surface area contributed by atoms with Gasteiger partial charge in [-0.15, -0.1) is 11.8 Å². The van der Waals surface area contributed by atoms with E-state index in [0.29, 0.717) is 5.75 Å². The molecule has 1 unspecified atom stereocenters. The molecule has 2 aromatic rings. The van der Waals surface area contributed by atoms with Crippen LogP contribution in [0.1, 0.15) is 12.0 Å². The zero-order valence-electron chi connectivity index (χ0n) is 10.8. The average Bonchev–Trinajstić information content (AvgIpc) is 2.81. The van der Waals surface area contributed by atoms with Crippen molar-refractivity contribution in [1.29, 1.82) is 0 Å². The van der Waals surface area contributed by atoms with Gasteiger partial charge in [0.25, 0.3) is 0 Å². The lowest BCUT2D eigenvalue weighted by Crippen LogP contribution is -2.10. The van der Waals surface area contributed by atoms with Gasteiger partial charge in [0, 0.05) is 28.4 Å². The van der Waals surface area contributed by atoms with Gasteiger partial charge < -0.3 is 5.11 Å². The zero-order valence-corrected chi connectivity index (χ0v) is 13.2. The molecule has 1 N–H and O–H groups in total. The van der Waals surface area contributed by atoms with Crippen LogP contribution in [0.15, 0.2) is 46.0 Å². The van der Waals surface area contributed by atoms with Gasteiger partial charge in [0.2, 0.25) is 0 Å². The third kappa shape index (κ3) is 4.67. The molecule has 1 aromatic carbocycles. The van der Waals surface area contributed by atoms with E-state index in [0.717, 1.165) is 17.3 Å². The summed E-state index contributed by atoms with van der Waals surface area (Å²) in [7, 11) is 1.91. The molecule has 0 saturated heterocycles. The number of benzene rings is 1. The number of nitrogens with zero attached hydrogens (tertiary/aromatic N) is 2. The molecule has 1 atom stereocenters. The van der Waals surface area contributed by atoms with Crippen molar-refractivity contribution < 1.29 is 5.11 Å². The summed E-state index contributed by atoms with van der Waals surface area (Å²) in [6.45, 7) is 0. The summed E-state index contributed by atoms with van der Waals surface area (Å²) in [6, 6.07) is 8.08. The number of hydrogen-bond acceptors (Lipinski definition) is 3. The first-order valence-corrected chi connectivity index (χ1v) is 7.96. The fraction of sp³-hybridized carbons (Fsp3) is 0.357. The van der Waals surface area contributed by atoms with Gasteiger partial charge in [-0.2, -0.15) is 5.10 Å². The highest BCUT2D eigenvalue weighted by molar-refractivity contribution is 9.10. The van der Waals surface area contributed by atoms with Crippen LogP contribution in [0.3, 0.4) is 0 Å². The van der Waals surface area contributed by atoms with Gasteiger partial charge in [-0.3, -0.25) is 4.68 Å². The molecule has 5 heteroatoms. The lowest BCUT2D eigenvalue weighted by molar-refractivity contribution is 0.189. The van der Waals surface area contributed by atoms with Gasteiger partial charge in [-0.05, 0) is 46.5 Å². The Labute approximate surface area is 126 Å². The molecule has 1 aromatic heterocycles. The summed E-state index contributed by atoms with van der Waals surface area (Å²) in [5.41, 5.74) is 1.17. The fourth-order valence-corrected chi connectivity index (χ4v) is 3.31. The molecule has 0 aliphatic heterocycles. The van der Waals surface area contributed by atoms with Crippen LogP contribution in [0.5, 0.6) is 0 Å². The summed E-state index contributed by atoms with van der Waals surface area (Å²) >= 11 is 5.19. The zero-order chi connectivity index (χ0) is 13.7. The number of aliphatic hydroxyl groups excluding tert-OH is 1. The Morgan fingerprint density at radius 2 is 2.21 bits per heavy atom. The molecule has 0 spiro atoms. The minimum atomic E-state index is -0.294. The van der Waals surface area contributed by atoms with Gasteiger partial charge in [0.15, 0.2) is 0 Å². The molecule has 0 saturated carbocycles. The van der Waals surface area contributed by atoms with Crippen LogP contribution in [0.4, 0.5) is 0 Å². The van der Waals surface area contributed by atoms with Crippen molar-refractivity contribution in [2.45, 2.75) is 23.8 Å². The molecule has 0 aliphatic rings. The number of aromatic nitrogens is 2. The second kappa shape index (κ2) is 7.12. The van der Waals surface area contributed by atoms with Crippen molar-refractivity contribution in [2.24, 2.45) is 7.05 Å². The van der Waals surface area contributed by atoms with Crippen molar-refractivity contribution in [2.75, 3.05) is 5.75 Å². The summed E-state index contributed by atoms with van der Waals surface area (Å²) in [4.78, 5) is 1.17. The molecule has 0 bridgehead atoms. The van der Waals surface area contributed by atoms with E-state index in [2.05, 4.69) is 27.1 Å². The van der Waals surface area contributed by atoms with E-state index in [1.807, 2.05) is 37.6 Å². The average molecular weight is 341 g/mol. The SMILES string of the molecule is Cn1cc(CCC(O)CSc2ccccc2Br)cn1. The van der Waals surface area contributed by atoms with Gasteiger partial charge in [-0.1, -0.05) is 12.1 Å². The third-order valence-electron chi connectivity index (χ3n) is 2.79. The summed E-state index contributed by atoms with van der Waals surface area (Å²) < 4.78 is 2.87. The van der Waals surface area contributed by atoms with Crippen LogP contribution in [-0.4, -0.2) is 26.7 Å². The summed E-state index contributed by atoms with van der Waals surface area (Å²) in [5.74, 6) is 0.711. The maximum Gasteiger partial charge on any atom is 0.0637 e. The second-order valence-electron chi connectivity index (χ2n) is 4.46. The van der Waals surface area contributed by atoms with Gasteiger partial charge in [-0.25, -0.2) is 0 Å². The Morgan fingerprint density at radius 1 is 1.42 bits per heavy atom. The molecular weight excluding hydrogens is 324 g/mol. The Kier molecular flexibility index (Phi) is 5.48. The van der Waals surface area contributed by atoms with E-state index < -0.39 is 0 Å². The lowest BCUT2D eigenvalue weighted by atomic mass is 10.1. The third-order valence-corrected chi connectivity index (χ3v) is 4.96. The Hall–Kier alpha value is -0.780. The largest absolute Gasteiger partial charge is 0.392 e. The molecule has 19 heavy (non-hydrogen) atoms. The standard InChI is InChI=1S/C14H17BrN2OS/c1-17-9-11(8-16-17)6-7-12(18)10-19-14-5-3-2-4-13(14)15/h2-5,8-9,12,18H,6-7,10H2,1H3. The molecule has 1 heterocycles. The van der Waals surface area contributed by atoms with E-state index in [4.69, 9.17) is 0 Å². The first-order valence-electron chi connectivity index (χ1n) is 6.18. The minimum absolute atomic E-state index is 0.294. The van der Waals surface area contributed by atoms with Crippen molar-refractivity contribution in [3.8, 4) is 0 Å². The van der Waals surface area contributed by atoms with Crippen LogP contribution in [0.25, 0.3) is 0 Å². The number of thioether (sulfide) groups is 1. The Bertz CT molecular complexity index is 530. The Balaban J connectivity index is 1.76. The first-order chi connectivity index (χ1) is 9.15. The van der Waals surface area contributed by atoms with Crippen molar-refractivity contribution in [3.63, 3.8) is 0 Å². The van der Waals surface area contributed by atoms with E-state index >= 15 is 0 Å². The van der Waals surface area contributed by atoms with Crippen molar-refractivity contribution in [3.05, 3.63) is 46.7 Å². The van der Waals surface area contributed by atoms with Crippen LogP contribution in [0, 0.1) is 0 Å². The number of aryl methyl sites for hydroxylation is 2. The molecule has 102 valence electrons. The van der Waals surface area contributed by atoms with E-state index in [1.165, 1.54) is 10.5 Å². The van der Waals surface area contributed by atoms with Crippen molar-refractivity contribution in [1.82, 2.24) is 9.78 Å². The topological polar surface area (TPSA) is 38.0 Å². The predicted octanol–water partition coefficient (Wildman–Crippen LogP) is 3.27. The molecular formula is C14H17BrN2OS. The summed E-state index contributed by atoms with van der Waals surface area (Å²) in [6.07, 6.45) is 5.19. The van der Waals surface area contributed by atoms with Crippen LogP contribution in [0.2, 0.25) is 0 Å². The van der Waals surface area contributed by atoms with E-state index in [9.17, 15) is 5.11 Å². The highest BCUT2D eigenvalue weighted by Gasteiger charge is 2.08. The normalized spacial score (nSPS) is 12.6. The smallest absolute Gasteiger partial charge is 0.0637 e. The highest BCUT2D eigenvalue weighted by Crippen LogP contribution is 2.27. The van der Waals surface area contributed by atoms with Crippen molar-refractivity contribution >= 4 is 27.7 Å². The first kappa shape index (κ1) is 14.6. The van der Waals surface area contributed by atoms with Gasteiger partial charge >= 0.3 is 0 Å². The maximum absolute atomic E-state index is 10.0. The molecule has 0 radical (unpaired) electrons. The lowest BCUT2D eigenvalue weighted by Gasteiger charge is -2.10. The van der Waals surface area contributed by atoms with Crippen LogP contribution >= 0.6 is 27.7 Å². The monoisotopic (exact) mass is 340 g/mol. The summed E-state index contributed by atoms with van der Waals surface area (Å²) in [5, 5.41) is 14.1. The maximum atomic E-state index is 10.0. The number of rotatable bonds is 6. The fourth-order valence-electron chi connectivity index (χ4n) is 1.77. The molecule has 3 nitrogen and oxygen atoms in total. The highest BCUT2D eigenvalue weighted by atomic mass is 79.9. The van der Waals surface area contributed by atoms with E-state index in [1.54, 1.807) is 16.4 Å². The van der Waals surface area contributed by atoms with Crippen LogP contribution < -0.4 is 0 Å². The molecule has 0 fully saturated rings. The minimum Gasteiger partial charge on any atom is -0.392 e. The van der Waals surface area contributed by atoms with Crippen LogP contribution in [-0.2, 0) is 13.5 Å². The molecule has 0 aliphatic carbocycles. The van der Waals surface area contributed by atoms with Gasteiger partial charge in [0.05, 0.1) is 12.3 Å². The predicted molar refractivity (Wildman–Crippen MR) is 82.4 cm³/mol. The Morgan fingerprint density at radius 3 is 2.89 bits per heavy atom. The molecule has 2 rings (SSSR count). The van der Waals surface area contributed by atoms with E-state index in [-0.39, 0.29) is 6.10 Å². The van der Waals surface area contributed by atoms with Gasteiger partial charge in [0.1, 0.15) is 0 Å². The number of aliphatic hydroxyl groups is 1. The number of halogens is 1. The second-order valence-corrected chi connectivity index (χ2v) is 6.37.